The number of nitrogens with one attached hydrogen (secondary N) is 1. The van der Waals surface area contributed by atoms with Crippen LogP contribution in [-0.2, 0) is 32.0 Å². The summed E-state index contributed by atoms with van der Waals surface area (Å²) in [6, 6.07) is -1.26. The highest BCUT2D eigenvalue weighted by Gasteiger charge is 2.27. The molecule has 1 unspecified atom stereocenters. The molecule has 0 spiro atoms. The molecule has 0 bridgehead atoms. The molecule has 1 heterocycles. The zero-order valence-corrected chi connectivity index (χ0v) is 16.2. The molecule has 1 amide bonds. The second kappa shape index (κ2) is 8.88. The first-order valence-corrected chi connectivity index (χ1v) is 8.42. The Morgan fingerprint density at radius 3 is 2.46 bits per heavy atom. The number of hydrogen-bond donors (Lipinski definition) is 2. The van der Waals surface area contributed by atoms with Crippen LogP contribution in [-0.4, -0.2) is 51.2 Å². The fourth-order valence-electron chi connectivity index (χ4n) is 2.11. The van der Waals surface area contributed by atoms with Crippen molar-refractivity contribution in [1.29, 1.82) is 0 Å². The van der Waals surface area contributed by atoms with Gasteiger partial charge in [0.05, 0.1) is 12.3 Å². The zero-order valence-electron chi connectivity index (χ0n) is 15.5. The number of amides is 1. The van der Waals surface area contributed by atoms with E-state index in [0.717, 1.165) is 0 Å². The minimum absolute atomic E-state index is 0.109. The van der Waals surface area contributed by atoms with Gasteiger partial charge in [-0.1, -0.05) is 11.6 Å². The summed E-state index contributed by atoms with van der Waals surface area (Å²) in [6.07, 6.45) is -0.959. The van der Waals surface area contributed by atoms with Gasteiger partial charge in [0.2, 0.25) is 0 Å². The Morgan fingerprint density at radius 1 is 1.35 bits per heavy atom. The Kier molecular flexibility index (Phi) is 7.43. The molecular weight excluding hydrogens is 366 g/mol. The highest BCUT2D eigenvalue weighted by atomic mass is 35.5. The number of aliphatic carboxylic acids is 1. The highest BCUT2D eigenvalue weighted by Crippen LogP contribution is 2.22. The third-order valence-corrected chi connectivity index (χ3v) is 3.59. The Hall–Kier alpha value is -2.29. The number of carbonyl (C=O) groups is 3. The number of carbonyl (C=O) groups excluding carboxylic acids is 2. The van der Waals surface area contributed by atoms with Gasteiger partial charge < -0.3 is 19.9 Å². The van der Waals surface area contributed by atoms with Gasteiger partial charge >= 0.3 is 18.0 Å². The van der Waals surface area contributed by atoms with Gasteiger partial charge in [0, 0.05) is 12.0 Å². The van der Waals surface area contributed by atoms with Crippen molar-refractivity contribution in [2.45, 2.75) is 59.2 Å². The lowest BCUT2D eigenvalue weighted by molar-refractivity contribution is -0.144. The standard InChI is InChI=1S/C16H24ClN3O6/c1-6-25-12(21)8-20-13(17)10(9(2)19-20)7-11(14(22)23)18-15(24)26-16(3,4)5/h11H,6-8H2,1-5H3,(H,18,24)(H,22,23). The van der Waals surface area contributed by atoms with E-state index in [9.17, 15) is 19.5 Å². The molecule has 0 saturated heterocycles. The first-order valence-electron chi connectivity index (χ1n) is 8.04. The molecule has 0 fully saturated rings. The molecule has 2 N–H and O–H groups in total. The Morgan fingerprint density at radius 2 is 1.96 bits per heavy atom. The van der Waals surface area contributed by atoms with Gasteiger partial charge in [-0.25, -0.2) is 14.3 Å². The maximum atomic E-state index is 11.8. The topological polar surface area (TPSA) is 120 Å². The first-order chi connectivity index (χ1) is 11.9. The minimum atomic E-state index is -1.26. The number of halogens is 1. The van der Waals surface area contributed by atoms with Gasteiger partial charge in [-0.3, -0.25) is 4.79 Å². The van der Waals surface area contributed by atoms with Crippen LogP contribution in [0.3, 0.4) is 0 Å². The monoisotopic (exact) mass is 389 g/mol. The normalized spacial score (nSPS) is 12.4. The van der Waals surface area contributed by atoms with E-state index < -0.39 is 29.7 Å². The third-order valence-electron chi connectivity index (χ3n) is 3.16. The predicted molar refractivity (Wildman–Crippen MR) is 93.1 cm³/mol. The van der Waals surface area contributed by atoms with E-state index in [1.54, 1.807) is 34.6 Å². The molecule has 0 radical (unpaired) electrons. The molecule has 0 aliphatic carbocycles. The lowest BCUT2D eigenvalue weighted by Crippen LogP contribution is -2.44. The number of aromatic nitrogens is 2. The van der Waals surface area contributed by atoms with E-state index in [4.69, 9.17) is 21.1 Å². The molecule has 9 nitrogen and oxygen atoms in total. The molecule has 0 aliphatic heterocycles. The smallest absolute Gasteiger partial charge is 0.408 e. The number of hydrogen-bond acceptors (Lipinski definition) is 6. The van der Waals surface area contributed by atoms with E-state index in [1.807, 2.05) is 0 Å². The quantitative estimate of drug-likeness (QED) is 0.683. The number of alkyl carbamates (subject to hydrolysis) is 1. The lowest BCUT2D eigenvalue weighted by Gasteiger charge is -2.22. The van der Waals surface area contributed by atoms with Crippen molar-refractivity contribution in [3.63, 3.8) is 0 Å². The van der Waals surface area contributed by atoms with Crippen LogP contribution in [0.2, 0.25) is 5.15 Å². The summed E-state index contributed by atoms with van der Waals surface area (Å²) in [7, 11) is 0. The fraction of sp³-hybridized carbons (Fsp3) is 0.625. The van der Waals surface area contributed by atoms with Crippen LogP contribution in [0.25, 0.3) is 0 Å². The second-order valence-electron chi connectivity index (χ2n) is 6.56. The van der Waals surface area contributed by atoms with Crippen LogP contribution in [0.15, 0.2) is 0 Å². The van der Waals surface area contributed by atoms with Crippen LogP contribution < -0.4 is 5.32 Å². The van der Waals surface area contributed by atoms with Crippen molar-refractivity contribution in [2.24, 2.45) is 0 Å². The number of carboxylic acids is 1. The molecule has 1 aromatic rings. The minimum Gasteiger partial charge on any atom is -0.480 e. The van der Waals surface area contributed by atoms with Crippen molar-refractivity contribution >= 4 is 29.6 Å². The predicted octanol–water partition coefficient (Wildman–Crippen LogP) is 1.93. The molecule has 1 rings (SSSR count). The molecule has 1 atom stereocenters. The van der Waals surface area contributed by atoms with Gasteiger partial charge in [0.25, 0.3) is 0 Å². The van der Waals surface area contributed by atoms with E-state index in [1.165, 1.54) is 4.68 Å². The van der Waals surface area contributed by atoms with Crippen LogP contribution in [0, 0.1) is 6.92 Å². The second-order valence-corrected chi connectivity index (χ2v) is 6.92. The van der Waals surface area contributed by atoms with E-state index >= 15 is 0 Å². The first kappa shape index (κ1) is 21.8. The van der Waals surface area contributed by atoms with E-state index in [2.05, 4.69) is 10.4 Å². The van der Waals surface area contributed by atoms with Crippen molar-refractivity contribution < 1.29 is 29.0 Å². The molecule has 0 saturated carbocycles. The summed E-state index contributed by atoms with van der Waals surface area (Å²) in [4.78, 5) is 34.9. The van der Waals surface area contributed by atoms with Crippen molar-refractivity contribution in [3.8, 4) is 0 Å². The summed E-state index contributed by atoms with van der Waals surface area (Å²) in [5.41, 5.74) is 0.113. The maximum absolute atomic E-state index is 11.8. The SMILES string of the molecule is CCOC(=O)Cn1nc(C)c(CC(NC(=O)OC(C)(C)C)C(=O)O)c1Cl. The van der Waals surface area contributed by atoms with Crippen molar-refractivity contribution in [2.75, 3.05) is 6.61 Å². The van der Waals surface area contributed by atoms with E-state index in [-0.39, 0.29) is 24.7 Å². The van der Waals surface area contributed by atoms with Crippen LogP contribution in [0.4, 0.5) is 4.79 Å². The molecular formula is C16H24ClN3O6. The fourth-order valence-corrected chi connectivity index (χ4v) is 2.42. The number of aryl methyl sites for hydroxylation is 1. The Labute approximate surface area is 156 Å². The summed E-state index contributed by atoms with van der Waals surface area (Å²) in [5.74, 6) is -1.76. The summed E-state index contributed by atoms with van der Waals surface area (Å²) in [5, 5.41) is 15.9. The van der Waals surface area contributed by atoms with E-state index in [0.29, 0.717) is 11.3 Å². The number of carboxylic acid groups (broad SMARTS) is 1. The number of esters is 1. The number of nitrogens with zero attached hydrogens (tertiary/aromatic N) is 2. The molecule has 1 aromatic heterocycles. The van der Waals surface area contributed by atoms with Gasteiger partial charge in [0.1, 0.15) is 23.3 Å². The van der Waals surface area contributed by atoms with Crippen molar-refractivity contribution in [3.05, 3.63) is 16.4 Å². The molecule has 10 heteroatoms. The van der Waals surface area contributed by atoms with Gasteiger partial charge in [-0.2, -0.15) is 5.10 Å². The number of ether oxygens (including phenoxy) is 2. The average molecular weight is 390 g/mol. The molecule has 146 valence electrons. The molecule has 0 aromatic carbocycles. The zero-order chi connectivity index (χ0) is 20.1. The lowest BCUT2D eigenvalue weighted by atomic mass is 10.1. The Bertz CT molecular complexity index is 680. The van der Waals surface area contributed by atoms with Gasteiger partial charge in [-0.15, -0.1) is 0 Å². The van der Waals surface area contributed by atoms with Crippen molar-refractivity contribution in [1.82, 2.24) is 15.1 Å². The Balaban J connectivity index is 2.92. The largest absolute Gasteiger partial charge is 0.480 e. The molecule has 0 aliphatic rings. The van der Waals surface area contributed by atoms with Crippen LogP contribution >= 0.6 is 11.6 Å². The number of rotatable bonds is 7. The van der Waals surface area contributed by atoms with Crippen LogP contribution in [0.1, 0.15) is 39.0 Å². The van der Waals surface area contributed by atoms with Gasteiger partial charge in [0.15, 0.2) is 0 Å². The highest BCUT2D eigenvalue weighted by molar-refractivity contribution is 6.30. The molecule has 26 heavy (non-hydrogen) atoms. The summed E-state index contributed by atoms with van der Waals surface area (Å²) in [6.45, 7) is 8.36. The van der Waals surface area contributed by atoms with Crippen LogP contribution in [0.5, 0.6) is 0 Å². The maximum Gasteiger partial charge on any atom is 0.408 e. The van der Waals surface area contributed by atoms with Gasteiger partial charge in [-0.05, 0) is 34.6 Å². The summed E-state index contributed by atoms with van der Waals surface area (Å²) >= 11 is 6.22. The third kappa shape index (κ3) is 6.55. The summed E-state index contributed by atoms with van der Waals surface area (Å²) < 4.78 is 11.1. The average Bonchev–Trinajstić information content (AvgIpc) is 2.72.